The topological polar surface area (TPSA) is 64.3 Å². The van der Waals surface area contributed by atoms with Crippen LogP contribution in [0.4, 0.5) is 5.82 Å². The molecule has 1 atom stereocenters. The van der Waals surface area contributed by atoms with Gasteiger partial charge in [-0.25, -0.2) is 14.5 Å². The van der Waals surface area contributed by atoms with Crippen molar-refractivity contribution in [1.29, 1.82) is 0 Å². The van der Waals surface area contributed by atoms with Crippen molar-refractivity contribution in [2.75, 3.05) is 18.5 Å². The summed E-state index contributed by atoms with van der Waals surface area (Å²) in [5.41, 5.74) is 6.58. The van der Waals surface area contributed by atoms with E-state index in [1.807, 2.05) is 35.7 Å². The highest BCUT2D eigenvalue weighted by Crippen LogP contribution is 2.27. The van der Waals surface area contributed by atoms with Crippen molar-refractivity contribution >= 4 is 22.4 Å². The Morgan fingerprint density at radius 3 is 2.67 bits per heavy atom. The summed E-state index contributed by atoms with van der Waals surface area (Å²) >= 11 is 0. The minimum Gasteiger partial charge on any atom is -0.379 e. The van der Waals surface area contributed by atoms with Crippen LogP contribution in [0.5, 0.6) is 0 Å². The summed E-state index contributed by atoms with van der Waals surface area (Å²) in [5.74, 6) is 0.976. The highest BCUT2D eigenvalue weighted by molar-refractivity contribution is 5.79. The molecule has 0 radical (unpaired) electrons. The Kier molecular flexibility index (Phi) is 3.79. The fourth-order valence-electron chi connectivity index (χ4n) is 3.62. The third kappa shape index (κ3) is 2.82. The van der Waals surface area contributed by atoms with Gasteiger partial charge < -0.3 is 10.1 Å². The van der Waals surface area contributed by atoms with Gasteiger partial charge in [-0.3, -0.25) is 0 Å². The molecule has 4 aromatic rings. The monoisotopic (exact) mass is 359 g/mol. The molecule has 1 N–H and O–H groups in total. The molecule has 6 heteroatoms. The number of hydrogen-bond acceptors (Lipinski definition) is 5. The highest BCUT2D eigenvalue weighted by Gasteiger charge is 2.18. The van der Waals surface area contributed by atoms with Gasteiger partial charge in [0.15, 0.2) is 0 Å². The predicted octanol–water partition coefficient (Wildman–Crippen LogP) is 3.76. The standard InChI is InChI=1S/C21H21N5O/c1-13-7-8-20(23-15-9-10-27-12-15)26-19(13)11-18(25-26)21-14(2)22-16-5-3-4-6-17(16)24-21/h3-8,11,15,23H,9-10,12H2,1-2H3/t15-/m1/s1. The Morgan fingerprint density at radius 1 is 1.07 bits per heavy atom. The van der Waals surface area contributed by atoms with Crippen LogP contribution in [0, 0.1) is 13.8 Å². The average molecular weight is 359 g/mol. The van der Waals surface area contributed by atoms with E-state index in [1.165, 1.54) is 5.56 Å². The molecule has 0 saturated carbocycles. The third-order valence-electron chi connectivity index (χ3n) is 5.10. The second kappa shape index (κ2) is 6.32. The van der Waals surface area contributed by atoms with Crippen molar-refractivity contribution in [2.45, 2.75) is 26.3 Å². The molecule has 0 amide bonds. The number of para-hydroxylation sites is 2. The summed E-state index contributed by atoms with van der Waals surface area (Å²) in [6.07, 6.45) is 1.01. The van der Waals surface area contributed by atoms with Crippen molar-refractivity contribution in [3.63, 3.8) is 0 Å². The normalized spacial score (nSPS) is 17.0. The molecule has 3 aromatic heterocycles. The van der Waals surface area contributed by atoms with E-state index in [2.05, 4.69) is 30.4 Å². The number of pyridine rings is 1. The quantitative estimate of drug-likeness (QED) is 0.603. The van der Waals surface area contributed by atoms with Gasteiger partial charge in [0.2, 0.25) is 0 Å². The first-order chi connectivity index (χ1) is 13.2. The van der Waals surface area contributed by atoms with Gasteiger partial charge >= 0.3 is 0 Å². The van der Waals surface area contributed by atoms with Gasteiger partial charge in [0, 0.05) is 6.61 Å². The molecular weight excluding hydrogens is 338 g/mol. The molecule has 6 nitrogen and oxygen atoms in total. The fraction of sp³-hybridized carbons (Fsp3) is 0.286. The van der Waals surface area contributed by atoms with Crippen LogP contribution in [-0.2, 0) is 4.74 Å². The van der Waals surface area contributed by atoms with Crippen LogP contribution < -0.4 is 5.32 Å². The van der Waals surface area contributed by atoms with Crippen molar-refractivity contribution < 1.29 is 4.74 Å². The van der Waals surface area contributed by atoms with Crippen molar-refractivity contribution in [1.82, 2.24) is 19.6 Å². The molecular formula is C21H21N5O. The lowest BCUT2D eigenvalue weighted by molar-refractivity contribution is 0.195. The zero-order valence-corrected chi connectivity index (χ0v) is 15.4. The zero-order valence-electron chi connectivity index (χ0n) is 15.4. The Bertz CT molecular complexity index is 1140. The summed E-state index contributed by atoms with van der Waals surface area (Å²) in [4.78, 5) is 9.53. The second-order valence-electron chi connectivity index (χ2n) is 7.08. The first kappa shape index (κ1) is 16.2. The van der Waals surface area contributed by atoms with Gasteiger partial charge in [-0.05, 0) is 50.1 Å². The van der Waals surface area contributed by atoms with Crippen molar-refractivity contribution in [2.24, 2.45) is 0 Å². The van der Waals surface area contributed by atoms with E-state index in [-0.39, 0.29) is 0 Å². The molecule has 136 valence electrons. The SMILES string of the molecule is Cc1nc2ccccc2nc1-c1cc2c(C)ccc(N[C@@H]3CCOC3)n2n1. The molecule has 0 unspecified atom stereocenters. The van der Waals surface area contributed by atoms with Crippen LogP contribution in [0.25, 0.3) is 27.9 Å². The minimum atomic E-state index is 0.325. The van der Waals surface area contributed by atoms with E-state index in [9.17, 15) is 0 Å². The zero-order chi connectivity index (χ0) is 18.4. The van der Waals surface area contributed by atoms with Gasteiger partial charge in [0.05, 0.1) is 34.9 Å². The van der Waals surface area contributed by atoms with Crippen LogP contribution in [0.15, 0.2) is 42.5 Å². The number of aromatic nitrogens is 4. The molecule has 27 heavy (non-hydrogen) atoms. The largest absolute Gasteiger partial charge is 0.379 e. The van der Waals surface area contributed by atoms with Crippen LogP contribution in [0.1, 0.15) is 17.7 Å². The van der Waals surface area contributed by atoms with Gasteiger partial charge in [0.25, 0.3) is 0 Å². The highest BCUT2D eigenvalue weighted by atomic mass is 16.5. The number of aryl methyl sites for hydroxylation is 2. The number of hydrogen-bond donors (Lipinski definition) is 1. The summed E-state index contributed by atoms with van der Waals surface area (Å²) in [6.45, 7) is 5.63. The number of fused-ring (bicyclic) bond motifs is 2. The van der Waals surface area contributed by atoms with E-state index in [4.69, 9.17) is 19.8 Å². The van der Waals surface area contributed by atoms with E-state index < -0.39 is 0 Å². The number of anilines is 1. The number of ether oxygens (including phenoxy) is 1. The Hall–Kier alpha value is -2.99. The lowest BCUT2D eigenvalue weighted by atomic mass is 10.2. The third-order valence-corrected chi connectivity index (χ3v) is 5.10. The molecule has 0 bridgehead atoms. The fourth-order valence-corrected chi connectivity index (χ4v) is 3.62. The van der Waals surface area contributed by atoms with Gasteiger partial charge in [-0.1, -0.05) is 18.2 Å². The molecule has 5 rings (SSSR count). The van der Waals surface area contributed by atoms with E-state index in [1.54, 1.807) is 0 Å². The smallest absolute Gasteiger partial charge is 0.128 e. The number of benzene rings is 1. The second-order valence-corrected chi connectivity index (χ2v) is 7.08. The lowest BCUT2D eigenvalue weighted by Gasteiger charge is -2.14. The summed E-state index contributed by atoms with van der Waals surface area (Å²) in [5, 5.41) is 8.42. The molecule has 0 spiro atoms. The van der Waals surface area contributed by atoms with Gasteiger partial charge in [0.1, 0.15) is 17.2 Å². The van der Waals surface area contributed by atoms with E-state index >= 15 is 0 Å². The predicted molar refractivity (Wildman–Crippen MR) is 106 cm³/mol. The van der Waals surface area contributed by atoms with E-state index in [0.717, 1.165) is 59.1 Å². The Morgan fingerprint density at radius 2 is 1.89 bits per heavy atom. The number of rotatable bonds is 3. The summed E-state index contributed by atoms with van der Waals surface area (Å²) < 4.78 is 7.46. The molecule has 1 fully saturated rings. The minimum absolute atomic E-state index is 0.325. The Labute approximate surface area is 157 Å². The Balaban J connectivity index is 1.64. The molecule has 1 aliphatic rings. The van der Waals surface area contributed by atoms with Crippen LogP contribution in [0.2, 0.25) is 0 Å². The van der Waals surface area contributed by atoms with Crippen LogP contribution in [0.3, 0.4) is 0 Å². The number of nitrogens with zero attached hydrogens (tertiary/aromatic N) is 4. The first-order valence-electron chi connectivity index (χ1n) is 9.26. The average Bonchev–Trinajstić information content (AvgIpc) is 3.34. The summed E-state index contributed by atoms with van der Waals surface area (Å²) in [7, 11) is 0. The maximum atomic E-state index is 5.49. The molecule has 1 aliphatic heterocycles. The lowest BCUT2D eigenvalue weighted by Crippen LogP contribution is -2.20. The maximum absolute atomic E-state index is 5.49. The van der Waals surface area contributed by atoms with Crippen molar-refractivity contribution in [3.05, 3.63) is 53.7 Å². The maximum Gasteiger partial charge on any atom is 0.128 e. The van der Waals surface area contributed by atoms with Crippen molar-refractivity contribution in [3.8, 4) is 11.4 Å². The van der Waals surface area contributed by atoms with Crippen LogP contribution >= 0.6 is 0 Å². The first-order valence-corrected chi connectivity index (χ1v) is 9.26. The van der Waals surface area contributed by atoms with Gasteiger partial charge in [-0.15, -0.1) is 0 Å². The molecule has 1 aromatic carbocycles. The molecule has 0 aliphatic carbocycles. The van der Waals surface area contributed by atoms with Crippen LogP contribution in [-0.4, -0.2) is 38.8 Å². The number of nitrogens with one attached hydrogen (secondary N) is 1. The summed E-state index contributed by atoms with van der Waals surface area (Å²) in [6, 6.07) is 14.6. The molecule has 4 heterocycles. The van der Waals surface area contributed by atoms with E-state index in [0.29, 0.717) is 6.04 Å². The molecule has 1 saturated heterocycles. The van der Waals surface area contributed by atoms with Gasteiger partial charge in [-0.2, -0.15) is 5.10 Å².